The number of halogens is 1. The molecule has 1 aliphatic heterocycles. The van der Waals surface area contributed by atoms with E-state index in [2.05, 4.69) is 9.98 Å². The van der Waals surface area contributed by atoms with Gasteiger partial charge in [-0.1, -0.05) is 11.6 Å². The Morgan fingerprint density at radius 2 is 1.94 bits per heavy atom. The summed E-state index contributed by atoms with van der Waals surface area (Å²) in [6, 6.07) is 0.591. The molecule has 1 aromatic carbocycles. The number of ketones is 2. The van der Waals surface area contributed by atoms with Crippen LogP contribution in [0.3, 0.4) is 0 Å². The van der Waals surface area contributed by atoms with Crippen molar-refractivity contribution in [2.75, 3.05) is 5.73 Å². The number of rotatable bonds is 3. The van der Waals surface area contributed by atoms with E-state index in [9.17, 15) is 14.4 Å². The molecule has 0 aliphatic carbocycles. The highest BCUT2D eigenvalue weighted by Crippen LogP contribution is 2.14. The lowest BCUT2D eigenvalue weighted by Gasteiger charge is -2.03. The molecule has 2 amide bonds. The van der Waals surface area contributed by atoms with Gasteiger partial charge >= 0.3 is 6.03 Å². The van der Waals surface area contributed by atoms with Crippen LogP contribution in [0.5, 0.6) is 0 Å². The Morgan fingerprint density at radius 1 is 1.33 bits per heavy atom. The first-order valence-electron chi connectivity index (χ1n) is 5.02. The van der Waals surface area contributed by atoms with Crippen LogP contribution < -0.4 is 16.4 Å². The van der Waals surface area contributed by atoms with Gasteiger partial charge in [-0.3, -0.25) is 9.59 Å². The van der Waals surface area contributed by atoms with Crippen LogP contribution in [-0.4, -0.2) is 17.6 Å². The fourth-order valence-electron chi connectivity index (χ4n) is 1.63. The summed E-state index contributed by atoms with van der Waals surface area (Å²) < 4.78 is 0. The number of nitrogens with zero attached hydrogens (tertiary/aromatic N) is 2. The van der Waals surface area contributed by atoms with Crippen molar-refractivity contribution in [1.82, 2.24) is 0 Å². The van der Waals surface area contributed by atoms with E-state index in [0.717, 1.165) is 0 Å². The number of hydrogen-bond acceptors (Lipinski definition) is 4. The SMILES string of the molecule is CC(=O)CC(=O)c1cc(Cl)c2c(c1N)=NC(=O)N=2. The molecule has 1 heterocycles. The fourth-order valence-corrected chi connectivity index (χ4v) is 1.87. The van der Waals surface area contributed by atoms with Crippen molar-refractivity contribution in [3.05, 3.63) is 27.4 Å². The first kappa shape index (κ1) is 12.4. The summed E-state index contributed by atoms with van der Waals surface area (Å²) in [7, 11) is 0. The van der Waals surface area contributed by atoms with E-state index in [-0.39, 0.29) is 39.2 Å². The van der Waals surface area contributed by atoms with Gasteiger partial charge in [0.25, 0.3) is 0 Å². The van der Waals surface area contributed by atoms with E-state index < -0.39 is 11.8 Å². The highest BCUT2D eigenvalue weighted by atomic mass is 35.5. The minimum atomic E-state index is -0.713. The lowest BCUT2D eigenvalue weighted by molar-refractivity contribution is -0.116. The number of fused-ring (bicyclic) bond motifs is 1. The molecular formula is C11H8ClN3O3. The molecule has 92 valence electrons. The molecule has 0 saturated carbocycles. The quantitative estimate of drug-likeness (QED) is 0.487. The molecule has 2 N–H and O–H groups in total. The molecule has 0 atom stereocenters. The van der Waals surface area contributed by atoms with Crippen LogP contribution in [0.2, 0.25) is 5.02 Å². The molecule has 0 saturated heterocycles. The average Bonchev–Trinajstić information content (AvgIpc) is 2.65. The Balaban J connectivity index is 2.65. The van der Waals surface area contributed by atoms with Gasteiger partial charge in [0.2, 0.25) is 0 Å². The van der Waals surface area contributed by atoms with Crippen LogP contribution >= 0.6 is 11.6 Å². The van der Waals surface area contributed by atoms with E-state index >= 15 is 0 Å². The highest BCUT2D eigenvalue weighted by Gasteiger charge is 2.19. The van der Waals surface area contributed by atoms with Crippen molar-refractivity contribution in [2.24, 2.45) is 9.98 Å². The number of hydrogen-bond donors (Lipinski definition) is 1. The molecule has 0 fully saturated rings. The molecular weight excluding hydrogens is 258 g/mol. The standard InChI is InChI=1S/C11H8ClN3O3/c1-4(16)2-7(17)5-3-6(12)9-10(8(5)13)15-11(18)14-9/h3H,2,13H2,1H3. The molecule has 18 heavy (non-hydrogen) atoms. The second-order valence-corrected chi connectivity index (χ2v) is 4.23. The zero-order valence-corrected chi connectivity index (χ0v) is 10.1. The number of nitrogen functional groups attached to an aromatic ring is 1. The normalized spacial score (nSPS) is 12.7. The molecule has 0 spiro atoms. The van der Waals surface area contributed by atoms with E-state index in [1.165, 1.54) is 13.0 Å². The van der Waals surface area contributed by atoms with Crippen LogP contribution in [0.25, 0.3) is 0 Å². The summed E-state index contributed by atoms with van der Waals surface area (Å²) in [5.74, 6) is -0.743. The molecule has 1 aromatic rings. The molecule has 2 rings (SSSR count). The van der Waals surface area contributed by atoms with Gasteiger partial charge in [0.05, 0.1) is 17.1 Å². The largest absolute Gasteiger partial charge is 0.396 e. The highest BCUT2D eigenvalue weighted by molar-refractivity contribution is 6.31. The summed E-state index contributed by atoms with van der Waals surface area (Å²) in [5.41, 5.74) is 5.85. The van der Waals surface area contributed by atoms with Crippen molar-refractivity contribution in [1.29, 1.82) is 0 Å². The fraction of sp³-hybridized carbons (Fsp3) is 0.182. The number of amides is 2. The van der Waals surface area contributed by atoms with Gasteiger partial charge in [0.15, 0.2) is 5.78 Å². The number of benzene rings is 1. The third kappa shape index (κ3) is 2.02. The Morgan fingerprint density at radius 3 is 2.56 bits per heavy atom. The maximum atomic E-state index is 11.8. The van der Waals surface area contributed by atoms with Crippen molar-refractivity contribution < 1.29 is 14.4 Å². The maximum absolute atomic E-state index is 11.8. The van der Waals surface area contributed by atoms with Gasteiger partial charge in [-0.15, -0.1) is 0 Å². The van der Waals surface area contributed by atoms with Gasteiger partial charge < -0.3 is 5.73 Å². The molecule has 7 heteroatoms. The van der Waals surface area contributed by atoms with E-state index in [0.29, 0.717) is 0 Å². The summed E-state index contributed by atoms with van der Waals surface area (Å²) in [6.45, 7) is 1.30. The lowest BCUT2D eigenvalue weighted by atomic mass is 10.0. The van der Waals surface area contributed by atoms with Crippen LogP contribution in [0, 0.1) is 0 Å². The number of carbonyl (C=O) groups is 3. The predicted octanol–water partition coefficient (Wildman–Crippen LogP) is 0.457. The zero-order valence-electron chi connectivity index (χ0n) is 9.36. The van der Waals surface area contributed by atoms with Crippen LogP contribution in [0.15, 0.2) is 16.1 Å². The molecule has 1 aliphatic rings. The Hall–Kier alpha value is -2.08. The van der Waals surface area contributed by atoms with Crippen LogP contribution in [0.1, 0.15) is 23.7 Å². The predicted molar refractivity (Wildman–Crippen MR) is 63.2 cm³/mol. The lowest BCUT2D eigenvalue weighted by Crippen LogP contribution is -2.29. The summed E-state index contributed by atoms with van der Waals surface area (Å²) in [6.07, 6.45) is -0.273. The minimum Gasteiger partial charge on any atom is -0.396 e. The first-order valence-corrected chi connectivity index (χ1v) is 5.40. The third-order valence-corrected chi connectivity index (χ3v) is 2.68. The summed E-state index contributed by atoms with van der Waals surface area (Å²) in [5, 5.41) is 0.374. The number of nitrogens with two attached hydrogens (primary N) is 1. The molecule has 0 radical (unpaired) electrons. The topological polar surface area (TPSA) is 102 Å². The van der Waals surface area contributed by atoms with Gasteiger partial charge in [-0.25, -0.2) is 4.79 Å². The third-order valence-electron chi connectivity index (χ3n) is 2.39. The summed E-state index contributed by atoms with van der Waals surface area (Å²) in [4.78, 5) is 40.9. The van der Waals surface area contributed by atoms with Crippen LogP contribution in [0.4, 0.5) is 10.5 Å². The monoisotopic (exact) mass is 265 g/mol. The number of urea groups is 1. The average molecular weight is 266 g/mol. The molecule has 0 aromatic heterocycles. The van der Waals surface area contributed by atoms with Crippen molar-refractivity contribution in [3.8, 4) is 0 Å². The molecule has 0 unspecified atom stereocenters. The number of Topliss-reactive ketones (excluding diaryl/α,β-unsaturated/α-hetero) is 2. The molecule has 6 nitrogen and oxygen atoms in total. The summed E-state index contributed by atoms with van der Waals surface area (Å²) >= 11 is 5.89. The van der Waals surface area contributed by atoms with Gasteiger partial charge in [-0.2, -0.15) is 9.98 Å². The number of anilines is 1. The maximum Gasteiger partial charge on any atom is 0.368 e. The van der Waals surface area contributed by atoms with Gasteiger partial charge in [0, 0.05) is 5.56 Å². The van der Waals surface area contributed by atoms with Gasteiger partial charge in [-0.05, 0) is 13.0 Å². The van der Waals surface area contributed by atoms with Crippen molar-refractivity contribution in [2.45, 2.75) is 13.3 Å². The minimum absolute atomic E-state index is 0.0234. The van der Waals surface area contributed by atoms with Crippen molar-refractivity contribution >= 4 is 34.9 Å². The number of carbonyl (C=O) groups excluding carboxylic acids is 3. The Bertz CT molecular complexity index is 709. The second kappa shape index (κ2) is 4.30. The van der Waals surface area contributed by atoms with Crippen LogP contribution in [-0.2, 0) is 4.79 Å². The van der Waals surface area contributed by atoms with E-state index in [1.807, 2.05) is 0 Å². The Kier molecular flexibility index (Phi) is 2.96. The van der Waals surface area contributed by atoms with E-state index in [4.69, 9.17) is 17.3 Å². The van der Waals surface area contributed by atoms with Gasteiger partial charge in [0.1, 0.15) is 16.5 Å². The zero-order chi connectivity index (χ0) is 13.4. The first-order chi connectivity index (χ1) is 8.40. The molecule has 0 bridgehead atoms. The Labute approximate surface area is 106 Å². The second-order valence-electron chi connectivity index (χ2n) is 3.82. The van der Waals surface area contributed by atoms with E-state index in [1.54, 1.807) is 0 Å². The smallest absolute Gasteiger partial charge is 0.368 e. The van der Waals surface area contributed by atoms with Crippen molar-refractivity contribution in [3.63, 3.8) is 0 Å².